The molecule has 2 aromatic rings. The summed E-state index contributed by atoms with van der Waals surface area (Å²) in [6.45, 7) is 3.94. The van der Waals surface area contributed by atoms with E-state index in [0.717, 1.165) is 15.4 Å². The molecule has 0 saturated carbocycles. The fourth-order valence-corrected chi connectivity index (χ4v) is 2.99. The lowest BCUT2D eigenvalue weighted by molar-refractivity contribution is 0.0601. The van der Waals surface area contributed by atoms with Crippen LogP contribution in [0.4, 0.5) is 5.69 Å². The van der Waals surface area contributed by atoms with Gasteiger partial charge in [-0.1, -0.05) is 29.5 Å². The third kappa shape index (κ3) is 3.14. The van der Waals surface area contributed by atoms with E-state index in [4.69, 9.17) is 10.5 Å². The van der Waals surface area contributed by atoms with Gasteiger partial charge in [-0.3, -0.25) is 0 Å². The molecule has 0 spiro atoms. The van der Waals surface area contributed by atoms with Crippen LogP contribution in [0.5, 0.6) is 0 Å². The van der Waals surface area contributed by atoms with Gasteiger partial charge in [-0.2, -0.15) is 0 Å². The van der Waals surface area contributed by atoms with Crippen molar-refractivity contribution in [2.45, 2.75) is 23.6 Å². The highest BCUT2D eigenvalue weighted by atomic mass is 32.2. The van der Waals surface area contributed by atoms with E-state index in [1.807, 2.05) is 25.1 Å². The molecular weight excluding hydrogens is 270 g/mol. The largest absolute Gasteiger partial charge is 0.465 e. The van der Waals surface area contributed by atoms with E-state index in [9.17, 15) is 4.79 Å². The summed E-state index contributed by atoms with van der Waals surface area (Å²) in [7, 11) is 1.36. The van der Waals surface area contributed by atoms with Crippen molar-refractivity contribution >= 4 is 23.4 Å². The van der Waals surface area contributed by atoms with E-state index >= 15 is 0 Å². The number of hydrogen-bond donors (Lipinski definition) is 1. The summed E-state index contributed by atoms with van der Waals surface area (Å²) in [5, 5.41) is 0. The van der Waals surface area contributed by atoms with Crippen LogP contribution in [0.3, 0.4) is 0 Å². The van der Waals surface area contributed by atoms with Crippen molar-refractivity contribution in [1.82, 2.24) is 0 Å². The lowest BCUT2D eigenvalue weighted by atomic mass is 10.1. The molecule has 0 heterocycles. The fourth-order valence-electron chi connectivity index (χ4n) is 1.92. The number of anilines is 1. The summed E-state index contributed by atoms with van der Waals surface area (Å²) in [4.78, 5) is 13.8. The molecule has 0 atom stereocenters. The Balaban J connectivity index is 2.38. The minimum Gasteiger partial charge on any atom is -0.465 e. The van der Waals surface area contributed by atoms with Gasteiger partial charge < -0.3 is 10.5 Å². The van der Waals surface area contributed by atoms with E-state index in [-0.39, 0.29) is 0 Å². The molecule has 20 heavy (non-hydrogen) atoms. The van der Waals surface area contributed by atoms with Gasteiger partial charge in [0.25, 0.3) is 0 Å². The number of esters is 1. The van der Waals surface area contributed by atoms with Crippen molar-refractivity contribution in [3.05, 3.63) is 53.1 Å². The number of hydrogen-bond acceptors (Lipinski definition) is 4. The number of carbonyl (C=O) groups excluding carboxylic acids is 1. The molecular formula is C16H17NO2S. The first kappa shape index (κ1) is 14.5. The van der Waals surface area contributed by atoms with Gasteiger partial charge in [0.15, 0.2) is 0 Å². The zero-order valence-electron chi connectivity index (χ0n) is 11.8. The van der Waals surface area contributed by atoms with E-state index in [0.29, 0.717) is 11.3 Å². The van der Waals surface area contributed by atoms with E-state index < -0.39 is 5.97 Å². The van der Waals surface area contributed by atoms with Gasteiger partial charge in [0.1, 0.15) is 0 Å². The van der Waals surface area contributed by atoms with Gasteiger partial charge in [-0.15, -0.1) is 0 Å². The van der Waals surface area contributed by atoms with Crippen LogP contribution in [0.2, 0.25) is 0 Å². The number of benzene rings is 2. The normalized spacial score (nSPS) is 10.3. The highest BCUT2D eigenvalue weighted by Crippen LogP contribution is 2.32. The first-order chi connectivity index (χ1) is 9.51. The maximum absolute atomic E-state index is 11.7. The monoisotopic (exact) mass is 287 g/mol. The molecule has 2 aromatic carbocycles. The van der Waals surface area contributed by atoms with Crippen LogP contribution in [0.25, 0.3) is 0 Å². The second-order valence-electron chi connectivity index (χ2n) is 4.61. The van der Waals surface area contributed by atoms with Gasteiger partial charge in [0.2, 0.25) is 0 Å². The molecule has 0 aliphatic rings. The minimum absolute atomic E-state index is 0.405. The molecule has 2 N–H and O–H groups in total. The number of aryl methyl sites for hydroxylation is 2. The Labute approximate surface area is 123 Å². The van der Waals surface area contributed by atoms with Crippen molar-refractivity contribution in [1.29, 1.82) is 0 Å². The molecule has 0 aromatic heterocycles. The molecule has 3 nitrogen and oxygen atoms in total. The average Bonchev–Trinajstić information content (AvgIpc) is 2.42. The minimum atomic E-state index is -0.405. The average molecular weight is 287 g/mol. The molecule has 0 aliphatic carbocycles. The molecule has 0 fully saturated rings. The van der Waals surface area contributed by atoms with Gasteiger partial charge in [-0.05, 0) is 43.7 Å². The number of ether oxygens (including phenoxy) is 1. The first-order valence-corrected chi connectivity index (χ1v) is 7.06. The predicted molar refractivity (Wildman–Crippen MR) is 82.2 cm³/mol. The van der Waals surface area contributed by atoms with Gasteiger partial charge in [0, 0.05) is 15.5 Å². The van der Waals surface area contributed by atoms with Crippen LogP contribution >= 0.6 is 11.8 Å². The fraction of sp³-hybridized carbons (Fsp3) is 0.188. The molecule has 0 saturated heterocycles. The molecule has 0 unspecified atom stereocenters. The molecule has 0 aliphatic heterocycles. The van der Waals surface area contributed by atoms with Crippen molar-refractivity contribution in [2.24, 2.45) is 0 Å². The van der Waals surface area contributed by atoms with E-state index in [2.05, 4.69) is 19.1 Å². The van der Waals surface area contributed by atoms with Crippen molar-refractivity contribution < 1.29 is 9.53 Å². The lowest BCUT2D eigenvalue weighted by Crippen LogP contribution is -2.07. The Kier molecular flexibility index (Phi) is 4.35. The summed E-state index contributed by atoms with van der Waals surface area (Å²) in [5.74, 6) is -0.405. The second kappa shape index (κ2) is 6.01. The summed E-state index contributed by atoms with van der Waals surface area (Å²) in [6, 6.07) is 12.0. The number of nitrogen functional groups attached to an aromatic ring is 1. The highest BCUT2D eigenvalue weighted by molar-refractivity contribution is 7.99. The molecule has 104 valence electrons. The lowest BCUT2D eigenvalue weighted by Gasteiger charge is -2.10. The Morgan fingerprint density at radius 1 is 1.15 bits per heavy atom. The molecule has 4 heteroatoms. The van der Waals surface area contributed by atoms with Crippen molar-refractivity contribution in [3.8, 4) is 0 Å². The first-order valence-electron chi connectivity index (χ1n) is 6.24. The van der Waals surface area contributed by atoms with Gasteiger partial charge in [-0.25, -0.2) is 4.79 Å². The molecule has 0 bridgehead atoms. The van der Waals surface area contributed by atoms with Crippen LogP contribution in [0.15, 0.2) is 46.2 Å². The number of methoxy groups -OCH3 is 1. The topological polar surface area (TPSA) is 52.3 Å². The van der Waals surface area contributed by atoms with Gasteiger partial charge >= 0.3 is 5.97 Å². The summed E-state index contributed by atoms with van der Waals surface area (Å²) in [5.41, 5.74) is 8.91. The standard InChI is InChI=1S/C16H17NO2S/c1-10-5-4-6-12(7-10)20-13-8-11(2)15(17)14(9-13)16(18)19-3/h4-9H,17H2,1-3H3. The second-order valence-corrected chi connectivity index (χ2v) is 5.76. The third-order valence-electron chi connectivity index (χ3n) is 2.99. The van der Waals surface area contributed by atoms with Crippen LogP contribution in [0.1, 0.15) is 21.5 Å². The van der Waals surface area contributed by atoms with Crippen LogP contribution in [0, 0.1) is 13.8 Å². The smallest absolute Gasteiger partial charge is 0.340 e. The third-order valence-corrected chi connectivity index (χ3v) is 3.95. The Bertz CT molecular complexity index is 653. The maximum Gasteiger partial charge on any atom is 0.340 e. The summed E-state index contributed by atoms with van der Waals surface area (Å²) in [6.07, 6.45) is 0. The Morgan fingerprint density at radius 3 is 2.55 bits per heavy atom. The van der Waals surface area contributed by atoms with Crippen molar-refractivity contribution in [2.75, 3.05) is 12.8 Å². The van der Waals surface area contributed by atoms with Crippen LogP contribution < -0.4 is 5.73 Å². The quantitative estimate of drug-likeness (QED) is 0.688. The zero-order valence-corrected chi connectivity index (χ0v) is 12.6. The predicted octanol–water partition coefficient (Wildman–Crippen LogP) is 3.82. The number of carbonyl (C=O) groups is 1. The number of nitrogens with two attached hydrogens (primary N) is 1. The Morgan fingerprint density at radius 2 is 1.90 bits per heavy atom. The van der Waals surface area contributed by atoms with Gasteiger partial charge in [0.05, 0.1) is 12.7 Å². The maximum atomic E-state index is 11.7. The molecule has 2 rings (SSSR count). The van der Waals surface area contributed by atoms with E-state index in [1.165, 1.54) is 12.7 Å². The summed E-state index contributed by atoms with van der Waals surface area (Å²) >= 11 is 1.60. The van der Waals surface area contributed by atoms with Crippen LogP contribution in [-0.2, 0) is 4.74 Å². The number of rotatable bonds is 3. The van der Waals surface area contributed by atoms with E-state index in [1.54, 1.807) is 17.8 Å². The molecule has 0 radical (unpaired) electrons. The zero-order chi connectivity index (χ0) is 14.7. The van der Waals surface area contributed by atoms with Crippen LogP contribution in [-0.4, -0.2) is 13.1 Å². The van der Waals surface area contributed by atoms with Crippen molar-refractivity contribution in [3.63, 3.8) is 0 Å². The Hall–Kier alpha value is -1.94. The highest BCUT2D eigenvalue weighted by Gasteiger charge is 2.14. The molecule has 0 amide bonds. The SMILES string of the molecule is COC(=O)c1cc(Sc2cccc(C)c2)cc(C)c1N. The summed E-state index contributed by atoms with van der Waals surface area (Å²) < 4.78 is 4.77.